The molecule has 0 spiro atoms. The summed E-state index contributed by atoms with van der Waals surface area (Å²) in [5, 5.41) is 4.16. The molecule has 0 aliphatic heterocycles. The van der Waals surface area contributed by atoms with Gasteiger partial charge in [-0.1, -0.05) is 46.3 Å². The second-order valence-electron chi connectivity index (χ2n) is 4.90. The van der Waals surface area contributed by atoms with E-state index in [1.807, 2.05) is 61.5 Å². The molecule has 1 amide bonds. The molecular formula is C17H14BrNOS. The van der Waals surface area contributed by atoms with Gasteiger partial charge >= 0.3 is 0 Å². The van der Waals surface area contributed by atoms with Crippen LogP contribution in [0.25, 0.3) is 10.1 Å². The summed E-state index contributed by atoms with van der Waals surface area (Å²) in [4.78, 5) is 13.1. The summed E-state index contributed by atoms with van der Waals surface area (Å²) in [6.07, 6.45) is 0. The number of nitrogens with one attached hydrogen (secondary N) is 1. The minimum Gasteiger partial charge on any atom is -0.345 e. The molecule has 1 heterocycles. The molecule has 0 radical (unpaired) electrons. The molecule has 0 fully saturated rings. The largest absolute Gasteiger partial charge is 0.345 e. The standard InChI is InChI=1S/C17H14BrNOS/c1-11(12-6-8-14(18)9-7-12)19-17(20)16-10-13-4-2-3-5-15(13)21-16/h2-11H,1H3,(H,19,20). The number of rotatable bonds is 3. The third kappa shape index (κ3) is 3.17. The first-order chi connectivity index (χ1) is 10.1. The molecule has 3 aromatic rings. The molecule has 2 nitrogen and oxygen atoms in total. The highest BCUT2D eigenvalue weighted by Gasteiger charge is 2.13. The highest BCUT2D eigenvalue weighted by molar-refractivity contribution is 9.10. The van der Waals surface area contributed by atoms with E-state index in [1.165, 1.54) is 11.3 Å². The summed E-state index contributed by atoms with van der Waals surface area (Å²) >= 11 is 4.94. The van der Waals surface area contributed by atoms with Crippen molar-refractivity contribution in [2.24, 2.45) is 0 Å². The Morgan fingerprint density at radius 2 is 1.86 bits per heavy atom. The lowest BCUT2D eigenvalue weighted by Crippen LogP contribution is -2.25. The molecular weight excluding hydrogens is 346 g/mol. The number of amides is 1. The van der Waals surface area contributed by atoms with Gasteiger partial charge in [-0.2, -0.15) is 0 Å². The summed E-state index contributed by atoms with van der Waals surface area (Å²) in [5.74, 6) is -0.0216. The topological polar surface area (TPSA) is 29.1 Å². The zero-order valence-electron chi connectivity index (χ0n) is 11.5. The smallest absolute Gasteiger partial charge is 0.261 e. The maximum atomic E-state index is 12.4. The third-order valence-electron chi connectivity index (χ3n) is 3.37. The molecule has 1 N–H and O–H groups in total. The Morgan fingerprint density at radius 3 is 2.57 bits per heavy atom. The minimum absolute atomic E-state index is 0.0178. The van der Waals surface area contributed by atoms with Gasteiger partial charge in [-0.25, -0.2) is 0 Å². The van der Waals surface area contributed by atoms with Crippen molar-refractivity contribution in [3.8, 4) is 0 Å². The Bertz CT molecular complexity index is 746. The molecule has 0 bridgehead atoms. The van der Waals surface area contributed by atoms with Gasteiger partial charge < -0.3 is 5.32 Å². The van der Waals surface area contributed by atoms with E-state index >= 15 is 0 Å². The first kappa shape index (κ1) is 14.3. The summed E-state index contributed by atoms with van der Waals surface area (Å²) in [5.41, 5.74) is 1.09. The lowest BCUT2D eigenvalue weighted by Gasteiger charge is -2.13. The van der Waals surface area contributed by atoms with E-state index in [0.29, 0.717) is 0 Å². The Kier molecular flexibility index (Phi) is 4.08. The SMILES string of the molecule is CC(NC(=O)c1cc2ccccc2s1)c1ccc(Br)cc1. The number of hydrogen-bond donors (Lipinski definition) is 1. The Hall–Kier alpha value is -1.65. The van der Waals surface area contributed by atoms with Crippen molar-refractivity contribution in [2.75, 3.05) is 0 Å². The van der Waals surface area contributed by atoms with Crippen LogP contribution < -0.4 is 5.32 Å². The van der Waals surface area contributed by atoms with E-state index < -0.39 is 0 Å². The van der Waals surface area contributed by atoms with Crippen molar-refractivity contribution in [3.63, 3.8) is 0 Å². The van der Waals surface area contributed by atoms with E-state index in [-0.39, 0.29) is 11.9 Å². The van der Waals surface area contributed by atoms with Gasteiger partial charge in [0.05, 0.1) is 10.9 Å². The van der Waals surface area contributed by atoms with Crippen molar-refractivity contribution in [3.05, 3.63) is 69.5 Å². The number of carbonyl (C=O) groups is 1. The van der Waals surface area contributed by atoms with Crippen LogP contribution in [-0.4, -0.2) is 5.91 Å². The van der Waals surface area contributed by atoms with Gasteiger partial charge in [0.25, 0.3) is 5.91 Å². The normalized spacial score (nSPS) is 12.3. The van der Waals surface area contributed by atoms with Crippen molar-refractivity contribution in [1.82, 2.24) is 5.32 Å². The third-order valence-corrected chi connectivity index (χ3v) is 5.01. The van der Waals surface area contributed by atoms with Gasteiger partial charge in [-0.15, -0.1) is 11.3 Å². The number of benzene rings is 2. The van der Waals surface area contributed by atoms with Crippen molar-refractivity contribution in [1.29, 1.82) is 0 Å². The van der Waals surface area contributed by atoms with Crippen molar-refractivity contribution in [2.45, 2.75) is 13.0 Å². The molecule has 21 heavy (non-hydrogen) atoms. The fourth-order valence-corrected chi connectivity index (χ4v) is 3.43. The van der Waals surface area contributed by atoms with E-state index in [9.17, 15) is 4.79 Å². The average molecular weight is 360 g/mol. The van der Waals surface area contributed by atoms with E-state index in [2.05, 4.69) is 21.2 Å². The van der Waals surface area contributed by atoms with Crippen LogP contribution in [0.2, 0.25) is 0 Å². The summed E-state index contributed by atoms with van der Waals surface area (Å²) < 4.78 is 2.17. The quantitative estimate of drug-likeness (QED) is 0.687. The summed E-state index contributed by atoms with van der Waals surface area (Å²) in [6.45, 7) is 1.99. The van der Waals surface area contributed by atoms with Gasteiger partial charge in [0, 0.05) is 9.17 Å². The predicted molar refractivity (Wildman–Crippen MR) is 91.8 cm³/mol. The van der Waals surface area contributed by atoms with Crippen LogP contribution in [0, 0.1) is 0 Å². The lowest BCUT2D eigenvalue weighted by atomic mass is 10.1. The van der Waals surface area contributed by atoms with E-state index in [0.717, 1.165) is 25.0 Å². The van der Waals surface area contributed by atoms with Gasteiger partial charge in [0.2, 0.25) is 0 Å². The van der Waals surface area contributed by atoms with Crippen LogP contribution in [0.3, 0.4) is 0 Å². The van der Waals surface area contributed by atoms with Crippen LogP contribution in [-0.2, 0) is 0 Å². The van der Waals surface area contributed by atoms with E-state index in [4.69, 9.17) is 0 Å². The molecule has 3 rings (SSSR count). The maximum absolute atomic E-state index is 12.4. The molecule has 0 saturated carbocycles. The fourth-order valence-electron chi connectivity index (χ4n) is 2.20. The van der Waals surface area contributed by atoms with Crippen LogP contribution in [0.1, 0.15) is 28.2 Å². The van der Waals surface area contributed by atoms with Crippen LogP contribution in [0.5, 0.6) is 0 Å². The zero-order valence-corrected chi connectivity index (χ0v) is 13.9. The van der Waals surface area contributed by atoms with Gasteiger partial charge in [-0.05, 0) is 42.1 Å². The maximum Gasteiger partial charge on any atom is 0.261 e. The number of halogens is 1. The van der Waals surface area contributed by atoms with Gasteiger partial charge in [-0.3, -0.25) is 4.79 Å². The molecule has 1 aromatic heterocycles. The Balaban J connectivity index is 1.77. The van der Waals surface area contributed by atoms with E-state index in [1.54, 1.807) is 0 Å². The van der Waals surface area contributed by atoms with Crippen LogP contribution in [0.4, 0.5) is 0 Å². The minimum atomic E-state index is -0.0216. The monoisotopic (exact) mass is 359 g/mol. The predicted octanol–water partition coefficient (Wildman–Crippen LogP) is 5.15. The first-order valence-corrected chi connectivity index (χ1v) is 8.29. The molecule has 1 unspecified atom stereocenters. The number of carbonyl (C=O) groups excluding carboxylic acids is 1. The second kappa shape index (κ2) is 6.00. The van der Waals surface area contributed by atoms with Gasteiger partial charge in [0.1, 0.15) is 0 Å². The average Bonchev–Trinajstić information content (AvgIpc) is 2.92. The Labute approximate surface area is 135 Å². The van der Waals surface area contributed by atoms with Crippen molar-refractivity contribution >= 4 is 43.3 Å². The Morgan fingerprint density at radius 1 is 1.14 bits per heavy atom. The molecule has 106 valence electrons. The fraction of sp³-hybridized carbons (Fsp3) is 0.118. The molecule has 1 atom stereocenters. The summed E-state index contributed by atoms with van der Waals surface area (Å²) in [6, 6.07) is 18.0. The highest BCUT2D eigenvalue weighted by atomic mass is 79.9. The van der Waals surface area contributed by atoms with Crippen LogP contribution in [0.15, 0.2) is 59.1 Å². The highest BCUT2D eigenvalue weighted by Crippen LogP contribution is 2.26. The summed E-state index contributed by atoms with van der Waals surface area (Å²) in [7, 11) is 0. The second-order valence-corrected chi connectivity index (χ2v) is 6.89. The van der Waals surface area contributed by atoms with Crippen molar-refractivity contribution < 1.29 is 4.79 Å². The molecule has 0 saturated heterocycles. The number of thiophene rings is 1. The molecule has 0 aliphatic carbocycles. The number of fused-ring (bicyclic) bond motifs is 1. The first-order valence-electron chi connectivity index (χ1n) is 6.68. The molecule has 2 aromatic carbocycles. The zero-order chi connectivity index (χ0) is 14.8. The lowest BCUT2D eigenvalue weighted by molar-refractivity contribution is 0.0944. The van der Waals surface area contributed by atoms with Gasteiger partial charge in [0.15, 0.2) is 0 Å². The number of hydrogen-bond acceptors (Lipinski definition) is 2. The van der Waals surface area contributed by atoms with Crippen LogP contribution >= 0.6 is 27.3 Å². The molecule has 0 aliphatic rings. The molecule has 4 heteroatoms.